The molecule has 0 spiro atoms. The molecule has 5 nitrogen and oxygen atoms in total. The van der Waals surface area contributed by atoms with Crippen molar-refractivity contribution in [3.05, 3.63) is 24.3 Å². The van der Waals surface area contributed by atoms with Gasteiger partial charge in [-0.2, -0.15) is 0 Å². The highest BCUT2D eigenvalue weighted by Crippen LogP contribution is 2.41. The number of carbonyl (C=O) groups excluding carboxylic acids is 1. The molecule has 1 aromatic carbocycles. The average molecular weight is 301 g/mol. The lowest BCUT2D eigenvalue weighted by Crippen LogP contribution is -2.35. The summed E-state index contributed by atoms with van der Waals surface area (Å²) in [7, 11) is 0. The highest BCUT2D eigenvalue weighted by molar-refractivity contribution is 5.89. The summed E-state index contributed by atoms with van der Waals surface area (Å²) in [6.07, 6.45) is -4.72. The van der Waals surface area contributed by atoms with Gasteiger partial charge in [-0.05, 0) is 36.1 Å². The second-order valence-electron chi connectivity index (χ2n) is 5.18. The van der Waals surface area contributed by atoms with Crippen molar-refractivity contribution in [1.29, 1.82) is 0 Å². The van der Waals surface area contributed by atoms with Gasteiger partial charge in [0.25, 0.3) is 0 Å². The number of urea groups is 1. The van der Waals surface area contributed by atoms with E-state index in [9.17, 15) is 18.0 Å². The largest absolute Gasteiger partial charge is 0.573 e. The second-order valence-corrected chi connectivity index (χ2v) is 5.18. The minimum absolute atomic E-state index is 0.194. The number of benzene rings is 1. The molecule has 3 rings (SSSR count). The van der Waals surface area contributed by atoms with Crippen LogP contribution in [0.25, 0.3) is 0 Å². The van der Waals surface area contributed by atoms with E-state index in [1.807, 2.05) is 0 Å². The Bertz CT molecular complexity index is 522. The van der Waals surface area contributed by atoms with Gasteiger partial charge in [0.2, 0.25) is 0 Å². The Kier molecular flexibility index (Phi) is 3.40. The van der Waals surface area contributed by atoms with E-state index in [-0.39, 0.29) is 17.8 Å². The molecular weight excluding hydrogens is 287 g/mol. The molecule has 1 aliphatic carbocycles. The van der Waals surface area contributed by atoms with Crippen molar-refractivity contribution in [1.82, 2.24) is 10.6 Å². The lowest BCUT2D eigenvalue weighted by Gasteiger charge is -2.11. The fourth-order valence-corrected chi connectivity index (χ4v) is 2.69. The quantitative estimate of drug-likeness (QED) is 0.799. The maximum Gasteiger partial charge on any atom is 0.573 e. The minimum Gasteiger partial charge on any atom is -0.406 e. The Balaban J connectivity index is 1.49. The van der Waals surface area contributed by atoms with Gasteiger partial charge in [0.15, 0.2) is 0 Å². The van der Waals surface area contributed by atoms with Gasteiger partial charge >= 0.3 is 12.4 Å². The van der Waals surface area contributed by atoms with Crippen molar-refractivity contribution >= 4 is 11.7 Å². The van der Waals surface area contributed by atoms with Crippen LogP contribution >= 0.6 is 0 Å². The van der Waals surface area contributed by atoms with E-state index in [0.717, 1.165) is 25.2 Å². The molecule has 2 amide bonds. The fraction of sp³-hybridized carbons (Fsp3) is 0.462. The van der Waals surface area contributed by atoms with Crippen LogP contribution in [-0.2, 0) is 0 Å². The van der Waals surface area contributed by atoms with Crippen LogP contribution in [0.1, 0.15) is 0 Å². The number of amides is 2. The van der Waals surface area contributed by atoms with Crippen molar-refractivity contribution in [3.63, 3.8) is 0 Å². The Labute approximate surface area is 118 Å². The minimum atomic E-state index is -4.72. The Hall–Kier alpha value is -1.96. The molecule has 114 valence electrons. The first-order chi connectivity index (χ1) is 9.92. The number of piperidine rings is 1. The number of hydrogen-bond donors (Lipinski definition) is 3. The lowest BCUT2D eigenvalue weighted by atomic mass is 10.3. The molecule has 1 heterocycles. The van der Waals surface area contributed by atoms with E-state index in [0.29, 0.717) is 17.5 Å². The van der Waals surface area contributed by atoms with Crippen molar-refractivity contribution in [2.75, 3.05) is 18.4 Å². The maximum atomic E-state index is 12.0. The van der Waals surface area contributed by atoms with Crippen molar-refractivity contribution in [2.24, 2.45) is 11.8 Å². The number of nitrogens with one attached hydrogen (secondary N) is 3. The molecule has 8 heteroatoms. The standard InChI is InChI=1S/C13H14F3N3O2/c14-13(15,16)21-8-3-1-7(2-4-8)18-12(20)19-11-9-5-17-6-10(9)11/h1-4,9-11,17H,5-6H2,(H2,18,19,20)/t9-,10+,11?. The van der Waals surface area contributed by atoms with Crippen LogP contribution < -0.4 is 20.7 Å². The summed E-state index contributed by atoms with van der Waals surface area (Å²) in [6.45, 7) is 1.83. The summed E-state index contributed by atoms with van der Waals surface area (Å²) in [6, 6.07) is 4.86. The fourth-order valence-electron chi connectivity index (χ4n) is 2.69. The van der Waals surface area contributed by atoms with E-state index >= 15 is 0 Å². The van der Waals surface area contributed by atoms with Gasteiger partial charge in [0.05, 0.1) is 0 Å². The summed E-state index contributed by atoms with van der Waals surface area (Å²) >= 11 is 0. The highest BCUT2D eigenvalue weighted by atomic mass is 19.4. The third-order valence-corrected chi connectivity index (χ3v) is 3.74. The van der Waals surface area contributed by atoms with Crippen molar-refractivity contribution in [3.8, 4) is 5.75 Å². The van der Waals surface area contributed by atoms with Gasteiger partial charge < -0.3 is 20.7 Å². The second kappa shape index (κ2) is 5.10. The van der Waals surface area contributed by atoms with Crippen LogP contribution in [0.2, 0.25) is 0 Å². The van der Waals surface area contributed by atoms with E-state index in [1.165, 1.54) is 12.1 Å². The third kappa shape index (κ3) is 3.38. The zero-order valence-corrected chi connectivity index (χ0v) is 10.9. The first kappa shape index (κ1) is 14.0. The first-order valence-corrected chi connectivity index (χ1v) is 6.56. The van der Waals surface area contributed by atoms with Crippen LogP contribution in [0, 0.1) is 11.8 Å². The highest BCUT2D eigenvalue weighted by Gasteiger charge is 2.53. The Morgan fingerprint density at radius 2 is 1.81 bits per heavy atom. The number of alkyl halides is 3. The summed E-state index contributed by atoms with van der Waals surface area (Å²) in [5.41, 5.74) is 0.408. The Morgan fingerprint density at radius 1 is 1.19 bits per heavy atom. The normalized spacial score (nSPS) is 26.9. The molecule has 1 aliphatic heterocycles. The number of carbonyl (C=O) groups is 1. The van der Waals surface area contributed by atoms with Crippen LogP contribution in [0.5, 0.6) is 5.75 Å². The molecule has 21 heavy (non-hydrogen) atoms. The van der Waals surface area contributed by atoms with Crippen LogP contribution in [0.15, 0.2) is 24.3 Å². The number of fused-ring (bicyclic) bond motifs is 1. The lowest BCUT2D eigenvalue weighted by molar-refractivity contribution is -0.274. The summed E-state index contributed by atoms with van der Waals surface area (Å²) in [4.78, 5) is 11.8. The molecule has 0 bridgehead atoms. The van der Waals surface area contributed by atoms with Crippen molar-refractivity contribution in [2.45, 2.75) is 12.4 Å². The molecule has 1 saturated heterocycles. The van der Waals surface area contributed by atoms with Gasteiger partial charge in [-0.1, -0.05) is 0 Å². The predicted octanol–water partition coefficient (Wildman–Crippen LogP) is 1.92. The van der Waals surface area contributed by atoms with Crippen molar-refractivity contribution < 1.29 is 22.7 Å². The maximum absolute atomic E-state index is 12.0. The summed E-state index contributed by atoms with van der Waals surface area (Å²) in [5.74, 6) is 0.674. The molecule has 3 N–H and O–H groups in total. The van der Waals surface area contributed by atoms with Gasteiger partial charge in [0, 0.05) is 24.8 Å². The molecule has 1 saturated carbocycles. The summed E-state index contributed by atoms with van der Waals surface area (Å²) in [5, 5.41) is 8.66. The Morgan fingerprint density at radius 3 is 2.38 bits per heavy atom. The van der Waals surface area contributed by atoms with Crippen LogP contribution in [0.3, 0.4) is 0 Å². The predicted molar refractivity (Wildman–Crippen MR) is 68.9 cm³/mol. The molecule has 2 fully saturated rings. The van der Waals surface area contributed by atoms with E-state index in [4.69, 9.17) is 0 Å². The molecular formula is C13H14F3N3O2. The van der Waals surface area contributed by atoms with Gasteiger partial charge in [-0.25, -0.2) is 4.79 Å². The van der Waals surface area contributed by atoms with Gasteiger partial charge in [-0.3, -0.25) is 0 Å². The molecule has 3 atom stereocenters. The van der Waals surface area contributed by atoms with Gasteiger partial charge in [-0.15, -0.1) is 13.2 Å². The molecule has 1 aromatic rings. The van der Waals surface area contributed by atoms with E-state index in [1.54, 1.807) is 0 Å². The number of rotatable bonds is 3. The monoisotopic (exact) mass is 301 g/mol. The molecule has 0 radical (unpaired) electrons. The zero-order chi connectivity index (χ0) is 15.0. The third-order valence-electron chi connectivity index (χ3n) is 3.74. The first-order valence-electron chi connectivity index (χ1n) is 6.56. The van der Waals surface area contributed by atoms with Gasteiger partial charge in [0.1, 0.15) is 5.75 Å². The zero-order valence-electron chi connectivity index (χ0n) is 10.9. The number of ether oxygens (including phenoxy) is 1. The van der Waals surface area contributed by atoms with E-state index in [2.05, 4.69) is 20.7 Å². The number of anilines is 1. The van der Waals surface area contributed by atoms with E-state index < -0.39 is 6.36 Å². The average Bonchev–Trinajstić information content (AvgIpc) is 2.84. The molecule has 0 aromatic heterocycles. The summed E-state index contributed by atoms with van der Waals surface area (Å²) < 4.78 is 39.8. The molecule has 2 aliphatic rings. The van der Waals surface area contributed by atoms with Crippen LogP contribution in [0.4, 0.5) is 23.7 Å². The topological polar surface area (TPSA) is 62.4 Å². The molecule has 1 unspecified atom stereocenters. The number of halogens is 3. The number of hydrogen-bond acceptors (Lipinski definition) is 3. The smallest absolute Gasteiger partial charge is 0.406 e. The SMILES string of the molecule is O=C(Nc1ccc(OC(F)(F)F)cc1)NC1[C@H]2CNC[C@@H]12. The van der Waals surface area contributed by atoms with Crippen LogP contribution in [-0.4, -0.2) is 31.5 Å².